The van der Waals surface area contributed by atoms with Crippen molar-refractivity contribution in [2.24, 2.45) is 0 Å². The van der Waals surface area contributed by atoms with Gasteiger partial charge in [0.25, 0.3) is 10.2 Å². The van der Waals surface area contributed by atoms with E-state index in [0.29, 0.717) is 6.54 Å². The number of methoxy groups -OCH3 is 1. The maximum atomic E-state index is 12.1. The van der Waals surface area contributed by atoms with Crippen LogP contribution in [-0.4, -0.2) is 56.1 Å². The van der Waals surface area contributed by atoms with Gasteiger partial charge >= 0.3 is 5.97 Å². The van der Waals surface area contributed by atoms with Crippen molar-refractivity contribution in [3.8, 4) is 0 Å². The van der Waals surface area contributed by atoms with Gasteiger partial charge in [0.05, 0.1) is 6.61 Å². The molecule has 0 aromatic rings. The summed E-state index contributed by atoms with van der Waals surface area (Å²) in [5.41, 5.74) is 0. The molecule has 0 aromatic heterocycles. The normalized spacial score (nSPS) is 23.8. The van der Waals surface area contributed by atoms with Crippen LogP contribution >= 0.6 is 0 Å². The zero-order chi connectivity index (χ0) is 13.8. The first-order chi connectivity index (χ1) is 8.38. The summed E-state index contributed by atoms with van der Waals surface area (Å²) in [5, 5.41) is 8.91. The summed E-state index contributed by atoms with van der Waals surface area (Å²) in [4.78, 5) is 10.9. The Morgan fingerprint density at radius 2 is 2.22 bits per heavy atom. The third kappa shape index (κ3) is 3.91. The van der Waals surface area contributed by atoms with Gasteiger partial charge in [0.2, 0.25) is 0 Å². The lowest BCUT2D eigenvalue weighted by Crippen LogP contribution is -2.53. The van der Waals surface area contributed by atoms with Crippen LogP contribution in [0.4, 0.5) is 0 Å². The molecule has 1 saturated heterocycles. The molecule has 2 N–H and O–H groups in total. The Kier molecular flexibility index (Phi) is 5.51. The maximum absolute atomic E-state index is 12.1. The van der Waals surface area contributed by atoms with Gasteiger partial charge < -0.3 is 9.84 Å². The van der Waals surface area contributed by atoms with Crippen LogP contribution in [0.5, 0.6) is 0 Å². The van der Waals surface area contributed by atoms with E-state index in [1.807, 2.05) is 6.92 Å². The van der Waals surface area contributed by atoms with Gasteiger partial charge in [-0.25, -0.2) is 0 Å². The molecule has 0 amide bonds. The quantitative estimate of drug-likeness (QED) is 0.702. The summed E-state index contributed by atoms with van der Waals surface area (Å²) < 4.78 is 32.4. The predicted octanol–water partition coefficient (Wildman–Crippen LogP) is -0.205. The Labute approximate surface area is 107 Å². The van der Waals surface area contributed by atoms with E-state index in [-0.39, 0.29) is 12.6 Å². The van der Waals surface area contributed by atoms with Gasteiger partial charge in [0.15, 0.2) is 0 Å². The van der Waals surface area contributed by atoms with Crippen LogP contribution < -0.4 is 4.72 Å². The fourth-order valence-corrected chi connectivity index (χ4v) is 3.61. The molecule has 0 aliphatic carbocycles. The second kappa shape index (κ2) is 6.46. The Bertz CT molecular complexity index is 384. The van der Waals surface area contributed by atoms with E-state index in [1.54, 1.807) is 0 Å². The van der Waals surface area contributed by atoms with Crippen molar-refractivity contribution in [3.63, 3.8) is 0 Å². The largest absolute Gasteiger partial charge is 0.480 e. The van der Waals surface area contributed by atoms with Crippen LogP contribution in [0.2, 0.25) is 0 Å². The van der Waals surface area contributed by atoms with E-state index in [9.17, 15) is 13.2 Å². The molecule has 1 fully saturated rings. The first kappa shape index (κ1) is 15.4. The number of rotatable bonds is 6. The van der Waals surface area contributed by atoms with E-state index in [2.05, 4.69) is 4.72 Å². The van der Waals surface area contributed by atoms with Gasteiger partial charge in [-0.15, -0.1) is 0 Å². The van der Waals surface area contributed by atoms with Gasteiger partial charge in [0.1, 0.15) is 6.04 Å². The highest BCUT2D eigenvalue weighted by Crippen LogP contribution is 2.19. The molecule has 1 rings (SSSR count). The first-order valence-electron chi connectivity index (χ1n) is 5.89. The van der Waals surface area contributed by atoms with Gasteiger partial charge in [-0.05, 0) is 19.8 Å². The van der Waals surface area contributed by atoms with Crippen LogP contribution in [-0.2, 0) is 19.7 Å². The van der Waals surface area contributed by atoms with Crippen LogP contribution in [0.15, 0.2) is 0 Å². The molecule has 0 aromatic carbocycles. The Morgan fingerprint density at radius 1 is 1.56 bits per heavy atom. The number of hydrogen-bond acceptors (Lipinski definition) is 4. The molecule has 1 aliphatic rings. The van der Waals surface area contributed by atoms with Crippen LogP contribution in [0.3, 0.4) is 0 Å². The Hall–Kier alpha value is -0.700. The molecule has 0 bridgehead atoms. The summed E-state index contributed by atoms with van der Waals surface area (Å²) in [6, 6.07) is -1.36. The zero-order valence-corrected chi connectivity index (χ0v) is 11.4. The Morgan fingerprint density at radius 3 is 2.72 bits per heavy atom. The third-order valence-electron chi connectivity index (χ3n) is 2.97. The first-order valence-corrected chi connectivity index (χ1v) is 7.33. The molecular formula is C10H20N2O5S. The minimum atomic E-state index is -3.78. The van der Waals surface area contributed by atoms with E-state index in [0.717, 1.165) is 19.3 Å². The molecule has 0 radical (unpaired) electrons. The number of carbonyl (C=O) groups is 1. The Balaban J connectivity index is 2.75. The van der Waals surface area contributed by atoms with Crippen molar-refractivity contribution >= 4 is 16.2 Å². The van der Waals surface area contributed by atoms with E-state index in [1.165, 1.54) is 11.4 Å². The smallest absolute Gasteiger partial charge is 0.324 e. The molecule has 2 atom stereocenters. The average molecular weight is 280 g/mol. The third-order valence-corrected chi connectivity index (χ3v) is 4.72. The summed E-state index contributed by atoms with van der Waals surface area (Å²) >= 11 is 0. The van der Waals surface area contributed by atoms with Crippen molar-refractivity contribution in [2.45, 2.75) is 38.3 Å². The molecule has 0 saturated carbocycles. The van der Waals surface area contributed by atoms with Gasteiger partial charge in [0, 0.05) is 19.7 Å². The topological polar surface area (TPSA) is 95.9 Å². The number of hydrogen-bond donors (Lipinski definition) is 2. The van der Waals surface area contributed by atoms with Crippen molar-refractivity contribution in [1.29, 1.82) is 0 Å². The molecule has 1 aliphatic heterocycles. The van der Waals surface area contributed by atoms with Gasteiger partial charge in [-0.1, -0.05) is 6.42 Å². The number of aliphatic carboxylic acids is 1. The SMILES string of the molecule is COCC(NS(=O)(=O)N1CCCCC1C)C(=O)O. The molecule has 1 heterocycles. The summed E-state index contributed by atoms with van der Waals surface area (Å²) in [7, 11) is -2.45. The molecular weight excluding hydrogens is 260 g/mol. The predicted molar refractivity (Wildman–Crippen MR) is 65.4 cm³/mol. The molecule has 106 valence electrons. The number of carboxylic acids is 1. The van der Waals surface area contributed by atoms with E-state index in [4.69, 9.17) is 9.84 Å². The monoisotopic (exact) mass is 280 g/mol. The minimum absolute atomic E-state index is 0.103. The number of carboxylic acid groups (broad SMARTS) is 1. The molecule has 2 unspecified atom stereocenters. The number of ether oxygens (including phenoxy) is 1. The molecule has 8 heteroatoms. The van der Waals surface area contributed by atoms with Crippen molar-refractivity contribution in [3.05, 3.63) is 0 Å². The number of nitrogens with one attached hydrogen (secondary N) is 1. The number of nitrogens with zero attached hydrogens (tertiary/aromatic N) is 1. The van der Waals surface area contributed by atoms with E-state index < -0.39 is 22.2 Å². The second-order valence-corrected chi connectivity index (χ2v) is 6.08. The fraction of sp³-hybridized carbons (Fsp3) is 0.900. The standard InChI is InChI=1S/C10H20N2O5S/c1-8-5-3-4-6-12(8)18(15,16)11-9(7-17-2)10(13)14/h8-9,11H,3-7H2,1-2H3,(H,13,14). The molecule has 7 nitrogen and oxygen atoms in total. The van der Waals surface area contributed by atoms with Crippen molar-refractivity contribution in [2.75, 3.05) is 20.3 Å². The summed E-state index contributed by atoms with van der Waals surface area (Å²) in [6.07, 6.45) is 2.59. The number of piperidine rings is 1. The van der Waals surface area contributed by atoms with Crippen LogP contribution in [0, 0.1) is 0 Å². The average Bonchev–Trinajstić information content (AvgIpc) is 2.28. The lowest BCUT2D eigenvalue weighted by Gasteiger charge is -2.33. The molecule has 18 heavy (non-hydrogen) atoms. The van der Waals surface area contributed by atoms with Crippen LogP contribution in [0.25, 0.3) is 0 Å². The lowest BCUT2D eigenvalue weighted by atomic mass is 10.1. The summed E-state index contributed by atoms with van der Waals surface area (Å²) in [5.74, 6) is -1.25. The highest BCUT2D eigenvalue weighted by Gasteiger charge is 2.33. The zero-order valence-electron chi connectivity index (χ0n) is 10.6. The second-order valence-electron chi connectivity index (χ2n) is 4.42. The van der Waals surface area contributed by atoms with Crippen molar-refractivity contribution in [1.82, 2.24) is 9.03 Å². The highest BCUT2D eigenvalue weighted by atomic mass is 32.2. The van der Waals surface area contributed by atoms with Gasteiger partial charge in [-0.3, -0.25) is 4.79 Å². The fourth-order valence-electron chi connectivity index (χ4n) is 2.00. The lowest BCUT2D eigenvalue weighted by molar-refractivity contribution is -0.140. The minimum Gasteiger partial charge on any atom is -0.480 e. The van der Waals surface area contributed by atoms with Crippen molar-refractivity contribution < 1.29 is 23.1 Å². The van der Waals surface area contributed by atoms with E-state index >= 15 is 0 Å². The summed E-state index contributed by atoms with van der Waals surface area (Å²) in [6.45, 7) is 2.05. The molecule has 0 spiro atoms. The maximum Gasteiger partial charge on any atom is 0.324 e. The van der Waals surface area contributed by atoms with Crippen LogP contribution in [0.1, 0.15) is 26.2 Å². The highest BCUT2D eigenvalue weighted by molar-refractivity contribution is 7.87. The van der Waals surface area contributed by atoms with Gasteiger partial charge in [-0.2, -0.15) is 17.4 Å².